The summed E-state index contributed by atoms with van der Waals surface area (Å²) in [5.74, 6) is -2.62. The SMILES string of the molecule is O=C(O)Cc1ccc(S(=O)(=O)N[C@H](CC(=O)O)c2ccccc2C(F)(F)F)cc1. The Balaban J connectivity index is 2.40. The number of benzene rings is 2. The van der Waals surface area contributed by atoms with Gasteiger partial charge in [-0.25, -0.2) is 13.1 Å². The Hall–Kier alpha value is -2.92. The highest BCUT2D eigenvalue weighted by molar-refractivity contribution is 7.89. The minimum Gasteiger partial charge on any atom is -0.481 e. The first kappa shape index (κ1) is 22.4. The maximum Gasteiger partial charge on any atom is 0.416 e. The molecule has 0 amide bonds. The molecule has 7 nitrogen and oxygen atoms in total. The Kier molecular flexibility index (Phi) is 6.65. The van der Waals surface area contributed by atoms with Crippen molar-refractivity contribution in [1.82, 2.24) is 4.72 Å². The number of alkyl halides is 3. The summed E-state index contributed by atoms with van der Waals surface area (Å²) in [6.45, 7) is 0. The third kappa shape index (κ3) is 6.03. The van der Waals surface area contributed by atoms with Gasteiger partial charge in [-0.2, -0.15) is 13.2 Å². The molecule has 0 aliphatic rings. The molecule has 0 aliphatic carbocycles. The minimum atomic E-state index is -4.81. The molecule has 29 heavy (non-hydrogen) atoms. The van der Waals surface area contributed by atoms with Gasteiger partial charge in [-0.15, -0.1) is 0 Å². The minimum absolute atomic E-state index is 0.320. The molecule has 3 N–H and O–H groups in total. The van der Waals surface area contributed by atoms with E-state index in [1.54, 1.807) is 0 Å². The maximum absolute atomic E-state index is 13.3. The number of hydrogen-bond acceptors (Lipinski definition) is 4. The molecular weight excluding hydrogens is 415 g/mol. The van der Waals surface area contributed by atoms with Gasteiger partial charge in [-0.3, -0.25) is 9.59 Å². The highest BCUT2D eigenvalue weighted by Crippen LogP contribution is 2.36. The van der Waals surface area contributed by atoms with E-state index in [2.05, 4.69) is 0 Å². The van der Waals surface area contributed by atoms with Crippen LogP contribution in [-0.4, -0.2) is 30.6 Å². The Labute approximate surface area is 163 Å². The van der Waals surface area contributed by atoms with E-state index in [4.69, 9.17) is 10.2 Å². The Bertz CT molecular complexity index is 1000. The number of carboxylic acids is 2. The Morgan fingerprint density at radius 2 is 1.55 bits per heavy atom. The first-order valence-corrected chi connectivity index (χ1v) is 9.59. The van der Waals surface area contributed by atoms with Gasteiger partial charge in [0, 0.05) is 0 Å². The lowest BCUT2D eigenvalue weighted by atomic mass is 9.98. The number of hydrogen-bond donors (Lipinski definition) is 3. The van der Waals surface area contributed by atoms with E-state index in [0.717, 1.165) is 30.3 Å². The molecule has 1 atom stereocenters. The van der Waals surface area contributed by atoms with Gasteiger partial charge in [0.05, 0.1) is 29.3 Å². The average Bonchev–Trinajstić information content (AvgIpc) is 2.60. The summed E-state index contributed by atoms with van der Waals surface area (Å²) in [6.07, 6.45) is -6.06. The van der Waals surface area contributed by atoms with Gasteiger partial charge >= 0.3 is 18.1 Å². The zero-order valence-corrected chi connectivity index (χ0v) is 15.5. The topological polar surface area (TPSA) is 121 Å². The van der Waals surface area contributed by atoms with Crippen molar-refractivity contribution >= 4 is 22.0 Å². The lowest BCUT2D eigenvalue weighted by molar-refractivity contribution is -0.140. The number of sulfonamides is 1. The van der Waals surface area contributed by atoms with Crippen molar-refractivity contribution in [2.75, 3.05) is 0 Å². The molecule has 0 bridgehead atoms. The Morgan fingerprint density at radius 3 is 2.07 bits per heavy atom. The number of carbonyl (C=O) groups is 2. The predicted molar refractivity (Wildman–Crippen MR) is 94.5 cm³/mol. The van der Waals surface area contributed by atoms with Crippen LogP contribution in [0, 0.1) is 0 Å². The van der Waals surface area contributed by atoms with E-state index in [0.29, 0.717) is 5.56 Å². The van der Waals surface area contributed by atoms with Crippen molar-refractivity contribution < 1.29 is 41.4 Å². The van der Waals surface area contributed by atoms with Gasteiger partial charge in [0.15, 0.2) is 0 Å². The summed E-state index contributed by atoms with van der Waals surface area (Å²) in [7, 11) is -4.39. The molecule has 2 aromatic carbocycles. The van der Waals surface area contributed by atoms with Crippen molar-refractivity contribution in [3.63, 3.8) is 0 Å². The molecular formula is C18H16F3NO6S. The summed E-state index contributed by atoms with van der Waals surface area (Å²) in [4.78, 5) is 21.5. The smallest absolute Gasteiger partial charge is 0.416 e. The first-order chi connectivity index (χ1) is 13.4. The fourth-order valence-corrected chi connectivity index (χ4v) is 3.88. The normalized spacial score (nSPS) is 13.1. The predicted octanol–water partition coefficient (Wildman–Crippen LogP) is 2.83. The quantitative estimate of drug-likeness (QED) is 0.591. The largest absolute Gasteiger partial charge is 0.481 e. The van der Waals surface area contributed by atoms with Crippen molar-refractivity contribution in [2.45, 2.75) is 30.0 Å². The van der Waals surface area contributed by atoms with E-state index >= 15 is 0 Å². The standard InChI is InChI=1S/C18H16F3NO6S/c19-18(20,21)14-4-2-1-3-13(14)15(10-17(25)26)22-29(27,28)12-7-5-11(6-8-12)9-16(23)24/h1-8,15,22H,9-10H2,(H,23,24)(H,25,26)/t15-/m1/s1. The van der Waals surface area contributed by atoms with Crippen molar-refractivity contribution in [3.8, 4) is 0 Å². The molecule has 2 aromatic rings. The lowest BCUT2D eigenvalue weighted by Crippen LogP contribution is -2.31. The van der Waals surface area contributed by atoms with Crippen LogP contribution in [-0.2, 0) is 32.2 Å². The molecule has 2 rings (SSSR count). The van der Waals surface area contributed by atoms with Crippen molar-refractivity contribution in [3.05, 3.63) is 65.2 Å². The van der Waals surface area contributed by atoms with Gasteiger partial charge < -0.3 is 10.2 Å². The van der Waals surface area contributed by atoms with Gasteiger partial charge in [0.25, 0.3) is 0 Å². The number of rotatable bonds is 8. The van der Waals surface area contributed by atoms with E-state index < -0.39 is 51.7 Å². The molecule has 0 fully saturated rings. The second-order valence-electron chi connectivity index (χ2n) is 6.07. The third-order valence-electron chi connectivity index (χ3n) is 3.91. The molecule has 0 spiro atoms. The van der Waals surface area contributed by atoms with Crippen LogP contribution in [0.2, 0.25) is 0 Å². The van der Waals surface area contributed by atoms with E-state index in [1.807, 2.05) is 4.72 Å². The van der Waals surface area contributed by atoms with Gasteiger partial charge in [-0.1, -0.05) is 30.3 Å². The van der Waals surface area contributed by atoms with Crippen LogP contribution in [0.1, 0.15) is 29.2 Å². The number of nitrogens with one attached hydrogen (secondary N) is 1. The molecule has 0 radical (unpaired) electrons. The van der Waals surface area contributed by atoms with Gasteiger partial charge in [0.1, 0.15) is 0 Å². The fourth-order valence-electron chi connectivity index (χ4n) is 2.67. The van der Waals surface area contributed by atoms with E-state index in [1.165, 1.54) is 18.2 Å². The highest BCUT2D eigenvalue weighted by atomic mass is 32.2. The summed E-state index contributed by atoms with van der Waals surface area (Å²) in [5, 5.41) is 17.8. The van der Waals surface area contributed by atoms with E-state index in [9.17, 15) is 31.2 Å². The number of aliphatic carboxylic acids is 2. The number of halogens is 3. The summed E-state index contributed by atoms with van der Waals surface area (Å²) in [6, 6.07) is 7.11. The van der Waals surface area contributed by atoms with Crippen LogP contribution >= 0.6 is 0 Å². The fraction of sp³-hybridized carbons (Fsp3) is 0.222. The zero-order valence-electron chi connectivity index (χ0n) is 14.7. The zero-order chi connectivity index (χ0) is 21.8. The molecule has 0 aromatic heterocycles. The molecule has 0 saturated heterocycles. The second kappa shape index (κ2) is 8.62. The maximum atomic E-state index is 13.3. The first-order valence-electron chi connectivity index (χ1n) is 8.11. The van der Waals surface area contributed by atoms with Crippen LogP contribution in [0.4, 0.5) is 13.2 Å². The monoisotopic (exact) mass is 431 g/mol. The summed E-state index contributed by atoms with van der Waals surface area (Å²) >= 11 is 0. The number of carboxylic acid groups (broad SMARTS) is 2. The second-order valence-corrected chi connectivity index (χ2v) is 7.79. The average molecular weight is 431 g/mol. The molecule has 0 saturated carbocycles. The highest BCUT2D eigenvalue weighted by Gasteiger charge is 2.36. The van der Waals surface area contributed by atoms with Crippen LogP contribution in [0.15, 0.2) is 53.4 Å². The third-order valence-corrected chi connectivity index (χ3v) is 5.39. The van der Waals surface area contributed by atoms with Crippen molar-refractivity contribution in [1.29, 1.82) is 0 Å². The van der Waals surface area contributed by atoms with Crippen molar-refractivity contribution in [2.24, 2.45) is 0 Å². The Morgan fingerprint density at radius 1 is 0.966 bits per heavy atom. The molecule has 0 unspecified atom stereocenters. The molecule has 156 valence electrons. The van der Waals surface area contributed by atoms with E-state index in [-0.39, 0.29) is 11.3 Å². The van der Waals surface area contributed by atoms with Crippen LogP contribution in [0.25, 0.3) is 0 Å². The lowest BCUT2D eigenvalue weighted by Gasteiger charge is -2.21. The van der Waals surface area contributed by atoms with Crippen LogP contribution in [0.5, 0.6) is 0 Å². The summed E-state index contributed by atoms with van der Waals surface area (Å²) < 4.78 is 67.0. The van der Waals surface area contributed by atoms with Crippen LogP contribution < -0.4 is 4.72 Å². The molecule has 11 heteroatoms. The summed E-state index contributed by atoms with van der Waals surface area (Å²) in [5.41, 5.74) is -1.35. The molecule has 0 aliphatic heterocycles. The van der Waals surface area contributed by atoms with Gasteiger partial charge in [0.2, 0.25) is 10.0 Å². The van der Waals surface area contributed by atoms with Crippen LogP contribution in [0.3, 0.4) is 0 Å². The van der Waals surface area contributed by atoms with Gasteiger partial charge in [-0.05, 0) is 29.3 Å². The molecule has 0 heterocycles.